The van der Waals surface area contributed by atoms with E-state index in [2.05, 4.69) is 52.2 Å². The number of rotatable bonds is 3. The Hall–Kier alpha value is -2.86. The first kappa shape index (κ1) is 14.7. The van der Waals surface area contributed by atoms with Gasteiger partial charge >= 0.3 is 0 Å². The molecule has 5 nitrogen and oxygen atoms in total. The summed E-state index contributed by atoms with van der Waals surface area (Å²) in [6.45, 7) is 4.22. The van der Waals surface area contributed by atoms with Gasteiger partial charge in [0.1, 0.15) is 11.3 Å². The number of aromatic amines is 1. The molecule has 0 amide bonds. The van der Waals surface area contributed by atoms with Gasteiger partial charge in [0.05, 0.1) is 10.6 Å². The lowest BCUT2D eigenvalue weighted by atomic mass is 9.99. The average molecular weight is 333 g/mol. The number of H-pyrrole nitrogens is 1. The topological polar surface area (TPSA) is 67.3 Å². The van der Waals surface area contributed by atoms with Crippen molar-refractivity contribution in [1.82, 2.24) is 25.1 Å². The molecule has 0 saturated heterocycles. The van der Waals surface area contributed by atoms with Gasteiger partial charge in [0.2, 0.25) is 0 Å². The minimum absolute atomic E-state index is 0.741. The number of aromatic nitrogens is 5. The highest BCUT2D eigenvalue weighted by Gasteiger charge is 2.20. The highest BCUT2D eigenvalue weighted by Crippen LogP contribution is 2.41. The number of hydrogen-bond donors (Lipinski definition) is 1. The van der Waals surface area contributed by atoms with Crippen LogP contribution in [0.2, 0.25) is 0 Å². The van der Waals surface area contributed by atoms with Gasteiger partial charge in [0.15, 0.2) is 5.82 Å². The zero-order valence-corrected chi connectivity index (χ0v) is 14.1. The molecule has 4 rings (SSSR count). The van der Waals surface area contributed by atoms with E-state index in [0.717, 1.165) is 32.5 Å². The van der Waals surface area contributed by atoms with Gasteiger partial charge < -0.3 is 0 Å². The van der Waals surface area contributed by atoms with E-state index in [9.17, 15) is 0 Å². The van der Waals surface area contributed by atoms with Gasteiger partial charge in [-0.05, 0) is 37.1 Å². The number of nitrogens with zero attached hydrogens (tertiary/aromatic N) is 4. The van der Waals surface area contributed by atoms with E-state index in [4.69, 9.17) is 4.98 Å². The Balaban J connectivity index is 1.97. The first-order valence-electron chi connectivity index (χ1n) is 7.57. The summed E-state index contributed by atoms with van der Waals surface area (Å²) in [7, 11) is 0. The summed E-state index contributed by atoms with van der Waals surface area (Å²) in [5, 5.41) is 7.90. The van der Waals surface area contributed by atoms with Crippen LogP contribution in [0.5, 0.6) is 0 Å². The summed E-state index contributed by atoms with van der Waals surface area (Å²) in [5.74, 6) is 0.741. The molecule has 0 aliphatic heterocycles. The third-order valence-electron chi connectivity index (χ3n) is 3.90. The van der Waals surface area contributed by atoms with Crippen LogP contribution in [0.1, 0.15) is 11.1 Å². The van der Waals surface area contributed by atoms with Gasteiger partial charge in [0.25, 0.3) is 0 Å². The Kier molecular flexibility index (Phi) is 3.66. The first-order chi connectivity index (χ1) is 11.7. The van der Waals surface area contributed by atoms with Crippen molar-refractivity contribution < 1.29 is 0 Å². The van der Waals surface area contributed by atoms with Crippen molar-refractivity contribution in [2.24, 2.45) is 0 Å². The molecule has 0 atom stereocenters. The summed E-state index contributed by atoms with van der Waals surface area (Å²) in [6.07, 6.45) is 5.09. The van der Waals surface area contributed by atoms with Crippen molar-refractivity contribution in [3.8, 4) is 32.5 Å². The van der Waals surface area contributed by atoms with E-state index >= 15 is 0 Å². The van der Waals surface area contributed by atoms with Crippen LogP contribution in [0.25, 0.3) is 32.5 Å². The number of pyridine rings is 1. The molecule has 0 radical (unpaired) electrons. The summed E-state index contributed by atoms with van der Waals surface area (Å²) >= 11 is 1.61. The van der Waals surface area contributed by atoms with Gasteiger partial charge in [-0.25, -0.2) is 9.97 Å². The molecule has 0 saturated carbocycles. The highest BCUT2D eigenvalue weighted by molar-refractivity contribution is 7.18. The predicted molar refractivity (Wildman–Crippen MR) is 95.6 cm³/mol. The van der Waals surface area contributed by atoms with Gasteiger partial charge in [-0.2, -0.15) is 5.10 Å². The SMILES string of the molecule is Cc1cccc(C)c1-c1nc(-c2ccncc2)sc1-c1ncn[nH]1. The monoisotopic (exact) mass is 333 g/mol. The molecule has 1 aromatic carbocycles. The largest absolute Gasteiger partial charge is 0.265 e. The highest BCUT2D eigenvalue weighted by atomic mass is 32.1. The van der Waals surface area contributed by atoms with Crippen LogP contribution in [0.15, 0.2) is 49.1 Å². The molecule has 4 aromatic rings. The lowest BCUT2D eigenvalue weighted by molar-refractivity contribution is 1.10. The van der Waals surface area contributed by atoms with Crippen molar-refractivity contribution in [3.05, 3.63) is 60.2 Å². The van der Waals surface area contributed by atoms with Crippen LogP contribution in [-0.2, 0) is 0 Å². The molecule has 6 heteroatoms. The fraction of sp³-hybridized carbons (Fsp3) is 0.111. The molecule has 0 aliphatic carbocycles. The lowest BCUT2D eigenvalue weighted by Gasteiger charge is -2.08. The Morgan fingerprint density at radius 1 is 1.00 bits per heavy atom. The fourth-order valence-corrected chi connectivity index (χ4v) is 3.79. The molecular formula is C18H15N5S. The Labute approximate surface area is 143 Å². The summed E-state index contributed by atoms with van der Waals surface area (Å²) in [5.41, 5.74) is 5.54. The molecule has 3 heterocycles. The van der Waals surface area contributed by atoms with Crippen LogP contribution in [0.4, 0.5) is 0 Å². The van der Waals surface area contributed by atoms with Crippen molar-refractivity contribution >= 4 is 11.3 Å². The Bertz CT molecular complexity index is 954. The van der Waals surface area contributed by atoms with Crippen LogP contribution in [0.3, 0.4) is 0 Å². The minimum atomic E-state index is 0.741. The summed E-state index contributed by atoms with van der Waals surface area (Å²) in [4.78, 5) is 14.3. The van der Waals surface area contributed by atoms with Crippen LogP contribution >= 0.6 is 11.3 Å². The van der Waals surface area contributed by atoms with E-state index in [-0.39, 0.29) is 0 Å². The number of nitrogens with one attached hydrogen (secondary N) is 1. The van der Waals surface area contributed by atoms with Crippen molar-refractivity contribution in [2.75, 3.05) is 0 Å². The normalized spacial score (nSPS) is 10.9. The zero-order valence-electron chi connectivity index (χ0n) is 13.3. The van der Waals surface area contributed by atoms with E-state index in [1.165, 1.54) is 17.5 Å². The Morgan fingerprint density at radius 3 is 2.42 bits per heavy atom. The van der Waals surface area contributed by atoms with Crippen molar-refractivity contribution in [3.63, 3.8) is 0 Å². The van der Waals surface area contributed by atoms with Gasteiger partial charge in [-0.3, -0.25) is 10.1 Å². The number of thiazole rings is 1. The molecular weight excluding hydrogens is 318 g/mol. The minimum Gasteiger partial charge on any atom is -0.265 e. The third kappa shape index (κ3) is 2.51. The van der Waals surface area contributed by atoms with Crippen molar-refractivity contribution in [1.29, 1.82) is 0 Å². The smallest absolute Gasteiger partial charge is 0.167 e. The molecule has 0 bridgehead atoms. The van der Waals surface area contributed by atoms with Crippen LogP contribution < -0.4 is 0 Å². The summed E-state index contributed by atoms with van der Waals surface area (Å²) in [6, 6.07) is 10.2. The number of benzene rings is 1. The molecule has 1 N–H and O–H groups in total. The second kappa shape index (κ2) is 5.98. The van der Waals surface area contributed by atoms with Crippen LogP contribution in [0, 0.1) is 13.8 Å². The second-order valence-corrected chi connectivity index (χ2v) is 6.53. The standard InChI is InChI=1S/C18H15N5S/c1-11-4-3-5-12(2)14(11)15-16(17-20-10-21-23-17)24-18(22-15)13-6-8-19-9-7-13/h3-10H,1-2H3,(H,20,21,23). The second-order valence-electron chi connectivity index (χ2n) is 5.53. The predicted octanol–water partition coefficient (Wildman–Crippen LogP) is 4.27. The van der Waals surface area contributed by atoms with E-state index in [1.54, 1.807) is 23.7 Å². The third-order valence-corrected chi connectivity index (χ3v) is 5.01. The maximum absolute atomic E-state index is 4.93. The zero-order chi connectivity index (χ0) is 16.5. The maximum Gasteiger partial charge on any atom is 0.167 e. The maximum atomic E-state index is 4.93. The Morgan fingerprint density at radius 2 is 1.75 bits per heavy atom. The first-order valence-corrected chi connectivity index (χ1v) is 8.39. The molecule has 0 unspecified atom stereocenters. The van der Waals surface area contributed by atoms with E-state index in [0.29, 0.717) is 0 Å². The number of aryl methyl sites for hydroxylation is 2. The molecule has 0 fully saturated rings. The molecule has 24 heavy (non-hydrogen) atoms. The number of hydrogen-bond acceptors (Lipinski definition) is 5. The molecule has 3 aromatic heterocycles. The average Bonchev–Trinajstić information content (AvgIpc) is 3.25. The summed E-state index contributed by atoms with van der Waals surface area (Å²) < 4.78 is 0. The fourth-order valence-electron chi connectivity index (χ4n) is 2.77. The quantitative estimate of drug-likeness (QED) is 0.608. The van der Waals surface area contributed by atoms with E-state index < -0.39 is 0 Å². The van der Waals surface area contributed by atoms with E-state index in [1.807, 2.05) is 12.1 Å². The van der Waals surface area contributed by atoms with Gasteiger partial charge in [-0.15, -0.1) is 11.3 Å². The van der Waals surface area contributed by atoms with Gasteiger partial charge in [-0.1, -0.05) is 18.2 Å². The molecule has 0 spiro atoms. The molecule has 118 valence electrons. The lowest BCUT2D eigenvalue weighted by Crippen LogP contribution is -1.91. The van der Waals surface area contributed by atoms with Crippen molar-refractivity contribution in [2.45, 2.75) is 13.8 Å². The van der Waals surface area contributed by atoms with Crippen LogP contribution in [-0.4, -0.2) is 25.1 Å². The molecule has 0 aliphatic rings. The van der Waals surface area contributed by atoms with Gasteiger partial charge in [0, 0.05) is 23.5 Å².